The van der Waals surface area contributed by atoms with Crippen molar-refractivity contribution in [3.8, 4) is 11.1 Å². The van der Waals surface area contributed by atoms with Gasteiger partial charge >= 0.3 is 0 Å². The molecule has 0 aromatic heterocycles. The van der Waals surface area contributed by atoms with Gasteiger partial charge in [0.2, 0.25) is 11.8 Å². The summed E-state index contributed by atoms with van der Waals surface area (Å²) in [4.78, 5) is 10.0. The van der Waals surface area contributed by atoms with Gasteiger partial charge in [-0.25, -0.2) is 9.98 Å². The van der Waals surface area contributed by atoms with Crippen LogP contribution in [0.4, 0.5) is 0 Å². The fraction of sp³-hybridized carbons (Fsp3) is 0.312. The molecular weight excluding hydrogens is 444 g/mol. The molecule has 0 saturated heterocycles. The number of rotatable bonds is 7. The highest BCUT2D eigenvalue weighted by atomic mass is 16.5. The minimum Gasteiger partial charge on any atom is -0.475 e. The van der Waals surface area contributed by atoms with Gasteiger partial charge < -0.3 is 9.47 Å². The first-order chi connectivity index (χ1) is 17.8. The quantitative estimate of drug-likeness (QED) is 0.276. The average Bonchev–Trinajstić information content (AvgIpc) is 3.58. The van der Waals surface area contributed by atoms with E-state index >= 15 is 0 Å². The molecule has 2 heterocycles. The van der Waals surface area contributed by atoms with Gasteiger partial charge in [0.25, 0.3) is 0 Å². The fourth-order valence-corrected chi connectivity index (χ4v) is 5.53. The maximum absolute atomic E-state index is 6.23. The van der Waals surface area contributed by atoms with Crippen molar-refractivity contribution in [3.05, 3.63) is 83.9 Å². The molecule has 4 aromatic carbocycles. The summed E-state index contributed by atoms with van der Waals surface area (Å²) in [5.41, 5.74) is 4.35. The van der Waals surface area contributed by atoms with Crippen molar-refractivity contribution in [1.82, 2.24) is 0 Å². The third kappa shape index (κ3) is 4.05. The summed E-state index contributed by atoms with van der Waals surface area (Å²) in [5, 5.41) is 4.75. The van der Waals surface area contributed by atoms with Crippen LogP contribution in [0.3, 0.4) is 0 Å². The van der Waals surface area contributed by atoms with Crippen molar-refractivity contribution in [2.45, 2.75) is 51.6 Å². The predicted octanol–water partition coefficient (Wildman–Crippen LogP) is 7.55. The highest BCUT2D eigenvalue weighted by Crippen LogP contribution is 2.41. The summed E-state index contributed by atoms with van der Waals surface area (Å²) in [6.07, 6.45) is 4.27. The van der Waals surface area contributed by atoms with E-state index in [9.17, 15) is 0 Å². The van der Waals surface area contributed by atoms with Crippen LogP contribution in [0.2, 0.25) is 0 Å². The first-order valence-electron chi connectivity index (χ1n) is 13.2. The zero-order valence-electron chi connectivity index (χ0n) is 21.0. The Morgan fingerprint density at radius 1 is 0.611 bits per heavy atom. The first kappa shape index (κ1) is 22.8. The first-order valence-corrected chi connectivity index (χ1v) is 13.2. The van der Waals surface area contributed by atoms with E-state index < -0.39 is 0 Å². The molecule has 6 rings (SSSR count). The lowest BCUT2D eigenvalue weighted by Gasteiger charge is -2.19. The van der Waals surface area contributed by atoms with Gasteiger partial charge in [0, 0.05) is 22.3 Å². The highest BCUT2D eigenvalue weighted by Gasteiger charge is 2.28. The normalized spacial score (nSPS) is 19.3. The molecule has 4 nitrogen and oxygen atoms in total. The van der Waals surface area contributed by atoms with Crippen LogP contribution in [0.1, 0.15) is 50.7 Å². The molecular formula is C32H32N2O2. The lowest BCUT2D eigenvalue weighted by Crippen LogP contribution is -2.09. The Morgan fingerprint density at radius 2 is 1.06 bits per heavy atom. The molecule has 0 bridgehead atoms. The van der Waals surface area contributed by atoms with Gasteiger partial charge in [-0.15, -0.1) is 0 Å². The molecule has 2 aliphatic rings. The lowest BCUT2D eigenvalue weighted by molar-refractivity contribution is 0.311. The molecule has 2 aliphatic heterocycles. The molecule has 0 amide bonds. The molecule has 0 spiro atoms. The Hall–Kier alpha value is -3.66. The number of hydrogen-bond donors (Lipinski definition) is 0. The van der Waals surface area contributed by atoms with Crippen molar-refractivity contribution in [2.24, 2.45) is 9.98 Å². The van der Waals surface area contributed by atoms with Crippen LogP contribution in [0.15, 0.2) is 82.8 Å². The van der Waals surface area contributed by atoms with Gasteiger partial charge in [-0.3, -0.25) is 0 Å². The summed E-state index contributed by atoms with van der Waals surface area (Å²) < 4.78 is 12.5. The number of aliphatic imine (C=N–C) groups is 2. The van der Waals surface area contributed by atoms with E-state index in [0.717, 1.165) is 59.7 Å². The second kappa shape index (κ2) is 9.77. The van der Waals surface area contributed by atoms with Crippen molar-refractivity contribution in [2.75, 3.05) is 13.2 Å². The lowest BCUT2D eigenvalue weighted by atomic mass is 9.87. The van der Waals surface area contributed by atoms with E-state index in [1.807, 2.05) is 0 Å². The molecule has 182 valence electrons. The van der Waals surface area contributed by atoms with Crippen molar-refractivity contribution in [1.29, 1.82) is 0 Å². The summed E-state index contributed by atoms with van der Waals surface area (Å²) in [6.45, 7) is 5.69. The molecule has 36 heavy (non-hydrogen) atoms. The van der Waals surface area contributed by atoms with Gasteiger partial charge in [0.05, 0.1) is 12.1 Å². The van der Waals surface area contributed by atoms with Crippen LogP contribution in [-0.2, 0) is 9.47 Å². The number of fused-ring (bicyclic) bond motifs is 2. The zero-order chi connectivity index (χ0) is 24.5. The van der Waals surface area contributed by atoms with Gasteiger partial charge in [-0.1, -0.05) is 87.4 Å². The topological polar surface area (TPSA) is 43.2 Å². The Bertz CT molecular complexity index is 1370. The number of hydrogen-bond acceptors (Lipinski definition) is 4. The minimum atomic E-state index is 0.216. The molecule has 0 saturated carbocycles. The monoisotopic (exact) mass is 476 g/mol. The molecule has 0 unspecified atom stereocenters. The Labute approximate surface area is 212 Å². The van der Waals surface area contributed by atoms with Crippen LogP contribution in [-0.4, -0.2) is 37.1 Å². The third-order valence-corrected chi connectivity index (χ3v) is 7.24. The zero-order valence-corrected chi connectivity index (χ0v) is 21.0. The van der Waals surface area contributed by atoms with E-state index in [0.29, 0.717) is 13.2 Å². The third-order valence-electron chi connectivity index (χ3n) is 7.24. The predicted molar refractivity (Wildman–Crippen MR) is 149 cm³/mol. The average molecular weight is 477 g/mol. The van der Waals surface area contributed by atoms with E-state index in [2.05, 4.69) is 86.6 Å². The van der Waals surface area contributed by atoms with Gasteiger partial charge in [-0.05, 0) is 46.5 Å². The summed E-state index contributed by atoms with van der Waals surface area (Å²) >= 11 is 0. The van der Waals surface area contributed by atoms with Gasteiger partial charge in [0.15, 0.2) is 0 Å². The maximum Gasteiger partial charge on any atom is 0.217 e. The van der Waals surface area contributed by atoms with Gasteiger partial charge in [0.1, 0.15) is 13.2 Å². The number of benzene rings is 4. The molecule has 4 aromatic rings. The van der Waals surface area contributed by atoms with Crippen LogP contribution in [0.25, 0.3) is 32.7 Å². The van der Waals surface area contributed by atoms with E-state index in [1.54, 1.807) is 0 Å². The second-order valence-corrected chi connectivity index (χ2v) is 9.79. The van der Waals surface area contributed by atoms with E-state index in [4.69, 9.17) is 19.5 Å². The van der Waals surface area contributed by atoms with Crippen molar-refractivity contribution < 1.29 is 9.47 Å². The summed E-state index contributed by atoms with van der Waals surface area (Å²) in [7, 11) is 0. The Kier molecular flexibility index (Phi) is 6.18. The summed E-state index contributed by atoms with van der Waals surface area (Å²) in [6, 6.07) is 26.3. The number of nitrogens with zero attached hydrogens (tertiary/aromatic N) is 2. The smallest absolute Gasteiger partial charge is 0.217 e. The largest absolute Gasteiger partial charge is 0.475 e. The molecule has 0 radical (unpaired) electrons. The highest BCUT2D eigenvalue weighted by molar-refractivity contribution is 6.19. The van der Waals surface area contributed by atoms with Crippen molar-refractivity contribution in [3.63, 3.8) is 0 Å². The van der Waals surface area contributed by atoms with Crippen LogP contribution in [0.5, 0.6) is 0 Å². The van der Waals surface area contributed by atoms with E-state index in [1.165, 1.54) is 21.5 Å². The molecule has 4 heteroatoms. The van der Waals surface area contributed by atoms with Crippen LogP contribution >= 0.6 is 0 Å². The van der Waals surface area contributed by atoms with Crippen LogP contribution < -0.4 is 0 Å². The fourth-order valence-electron chi connectivity index (χ4n) is 5.53. The Balaban J connectivity index is 1.65. The molecule has 0 aliphatic carbocycles. The minimum absolute atomic E-state index is 0.216. The standard InChI is InChI=1S/C32H32N2O2/c1-3-9-23-19-35-31(33-23)27-17-15-21-11-5-7-13-25(21)29(27)30-26-14-8-6-12-22(26)16-18-28(30)32-34-24(10-4-2)20-36-32/h5-8,11-18,23-24H,3-4,9-10,19-20H2,1-2H3/t23-,24-/m0/s1. The second-order valence-electron chi connectivity index (χ2n) is 9.79. The SMILES string of the molecule is CCC[C@H]1COC(c2ccc3ccccc3c2-c2c(C3=N[C@@H](CCC)CO3)ccc3ccccc23)=N1. The maximum atomic E-state index is 6.23. The Morgan fingerprint density at radius 3 is 1.50 bits per heavy atom. The number of ether oxygens (including phenoxy) is 2. The summed E-state index contributed by atoms with van der Waals surface area (Å²) in [5.74, 6) is 1.48. The van der Waals surface area contributed by atoms with E-state index in [-0.39, 0.29) is 12.1 Å². The molecule has 0 N–H and O–H groups in total. The van der Waals surface area contributed by atoms with Crippen molar-refractivity contribution >= 4 is 33.3 Å². The molecule has 2 atom stereocenters. The molecule has 0 fully saturated rings. The van der Waals surface area contributed by atoms with Gasteiger partial charge in [-0.2, -0.15) is 0 Å². The van der Waals surface area contributed by atoms with Crippen LogP contribution in [0, 0.1) is 0 Å².